The highest BCUT2D eigenvalue weighted by Gasteiger charge is 2.43. The lowest BCUT2D eigenvalue weighted by atomic mass is 10.0. The minimum absolute atomic E-state index is 0.00823. The van der Waals surface area contributed by atoms with Gasteiger partial charge in [0, 0.05) is 45.4 Å². The maximum atomic E-state index is 14.7. The van der Waals surface area contributed by atoms with E-state index in [-0.39, 0.29) is 152 Å². The molecule has 2 heterocycles. The van der Waals surface area contributed by atoms with Crippen LogP contribution in [0.25, 0.3) is 0 Å². The summed E-state index contributed by atoms with van der Waals surface area (Å²) in [6.07, 6.45) is 0.709. The van der Waals surface area contributed by atoms with Crippen LogP contribution in [0.1, 0.15) is 138 Å². The van der Waals surface area contributed by atoms with E-state index in [0.717, 1.165) is 11.8 Å². The molecule has 2 saturated heterocycles. The normalized spacial score (nSPS) is 16.4. The highest BCUT2D eigenvalue weighted by atomic mass is 32.2. The average molecular weight is 1680 g/mol. The number of thiol groups is 1. The Morgan fingerprint density at radius 2 is 0.810 bits per heavy atom. The van der Waals surface area contributed by atoms with Crippen molar-refractivity contribution in [3.05, 3.63) is 0 Å². The van der Waals surface area contributed by atoms with Crippen LogP contribution in [-0.4, -0.2) is 298 Å². The first kappa shape index (κ1) is 101. The largest absolute Gasteiger partial charge is 0.481 e. The molecule has 30 N–H and O–H groups in total. The van der Waals surface area contributed by atoms with Crippen LogP contribution in [0.5, 0.6) is 0 Å². The van der Waals surface area contributed by atoms with Crippen molar-refractivity contribution in [2.24, 2.45) is 66.9 Å². The molecule has 652 valence electrons. The van der Waals surface area contributed by atoms with Gasteiger partial charge in [0.15, 0.2) is 17.9 Å². The maximum absolute atomic E-state index is 14.7. The lowest BCUT2D eigenvalue weighted by molar-refractivity contribution is -0.146. The topological polar surface area (TPSA) is 750 Å². The number of nitrogens with two attached hydrogens (primary N) is 7. The van der Waals surface area contributed by atoms with Crippen LogP contribution in [0.15, 0.2) is 15.0 Å². The number of guanidine groups is 3. The van der Waals surface area contributed by atoms with Gasteiger partial charge in [0.25, 0.3) is 0 Å². The molecule has 2 aliphatic rings. The number of likely N-dealkylation sites (tertiary alicyclic amines) is 2. The minimum atomic E-state index is -1.76. The van der Waals surface area contributed by atoms with Gasteiger partial charge in [-0.2, -0.15) is 24.4 Å². The van der Waals surface area contributed by atoms with Gasteiger partial charge in [-0.1, -0.05) is 27.7 Å². The van der Waals surface area contributed by atoms with Crippen LogP contribution < -0.4 is 109 Å². The zero-order chi connectivity index (χ0) is 87.6. The van der Waals surface area contributed by atoms with E-state index in [1.807, 2.05) is 0 Å². The molecule has 2 rings (SSSR count). The lowest BCUT2D eigenvalue weighted by Gasteiger charge is -2.31. The van der Waals surface area contributed by atoms with Gasteiger partial charge >= 0.3 is 11.9 Å². The Morgan fingerprint density at radius 1 is 0.440 bits per heavy atom. The number of rotatable bonds is 53. The number of aliphatic carboxylic acids is 2. The predicted octanol–water partition coefficient (Wildman–Crippen LogP) is -10.1. The van der Waals surface area contributed by atoms with Crippen LogP contribution in [0.4, 0.5) is 0 Å². The summed E-state index contributed by atoms with van der Waals surface area (Å²) in [6, 6.07) is -18.6. The van der Waals surface area contributed by atoms with E-state index in [9.17, 15) is 102 Å². The number of primary amides is 1. The molecule has 116 heavy (non-hydrogen) atoms. The molecular formula is C68H117N25O21S2. The van der Waals surface area contributed by atoms with Crippen LogP contribution in [0.2, 0.25) is 0 Å². The highest BCUT2D eigenvalue weighted by Crippen LogP contribution is 2.23. The second kappa shape index (κ2) is 52.4. The Bertz CT molecular complexity index is 3510. The molecule has 0 spiro atoms. The summed E-state index contributed by atoms with van der Waals surface area (Å²) in [5, 5.41) is 60.4. The van der Waals surface area contributed by atoms with Gasteiger partial charge in [0.2, 0.25) is 94.5 Å². The van der Waals surface area contributed by atoms with Crippen molar-refractivity contribution in [2.75, 3.05) is 70.2 Å². The quantitative estimate of drug-likeness (QED) is 0.0116. The van der Waals surface area contributed by atoms with E-state index < -0.39 is 218 Å². The standard InChI is InChI=1S/C68H117N25O21S2/c1-33(2)25-41(83-50(97)30-80-56(105)45(31-94)90-60(109)43(27-51(98)99)82-36(6)95)58(107)91-46(32-115)61(110)87-40(18-24-116-7)64(113)92-22-11-17-48(92)63(112)86-39(15-10-21-78-68(74)75)57(106)88-42(26-34(3)4)59(108)85-38(14-9-20-77-67(72)73)55(104)79-29-49(96)81-35(5)54(103)89-44(28-52(100)101)65(114)93-23-12-16-47(93)62(111)84-37(53(69)102)13-8-19-76-66(70)71/h33-35,37-48,94,115H,8-32H2,1-7H3,(H2,69,102)(H,79,104)(H,80,105)(H,81,96)(H,82,95)(H,83,97)(H,84,111)(H,85,108)(H,86,112)(H,87,110)(H,88,106)(H,89,103)(H,90,109)(H,91,107)(H,98,99)(H,100,101)(H4,70,71,76)(H4,72,73,77)(H4,74,75,78)/t35-,37-,38-,39-,40-,41-,42-,43-,44-,45-,46-,47-,48-/m0/s1. The Labute approximate surface area is 679 Å². The highest BCUT2D eigenvalue weighted by molar-refractivity contribution is 7.98. The number of carboxylic acid groups (broad SMARTS) is 2. The number of aliphatic imine (C=N–C) groups is 3. The van der Waals surface area contributed by atoms with Crippen molar-refractivity contribution < 1.29 is 102 Å². The van der Waals surface area contributed by atoms with Crippen LogP contribution in [0, 0.1) is 11.8 Å². The van der Waals surface area contributed by atoms with Crippen molar-refractivity contribution in [1.82, 2.24) is 78.9 Å². The first-order valence-electron chi connectivity index (χ1n) is 37.6. The summed E-state index contributed by atoms with van der Waals surface area (Å²) in [5.41, 5.74) is 38.4. The summed E-state index contributed by atoms with van der Waals surface area (Å²) in [6.45, 7) is 6.48. The molecule has 46 nitrogen and oxygen atoms in total. The molecule has 0 aromatic heterocycles. The molecule has 0 saturated carbocycles. The number of hydrogen-bond donors (Lipinski definition) is 24. The van der Waals surface area contributed by atoms with Gasteiger partial charge in [-0.15, -0.1) is 0 Å². The first-order chi connectivity index (χ1) is 54.5. The summed E-state index contributed by atoms with van der Waals surface area (Å²) in [4.78, 5) is 255. The number of aliphatic hydroxyl groups excluding tert-OH is 1. The summed E-state index contributed by atoms with van der Waals surface area (Å²) in [7, 11) is 0. The zero-order valence-corrected chi connectivity index (χ0v) is 67.9. The van der Waals surface area contributed by atoms with E-state index in [4.69, 9.17) is 40.1 Å². The Kier molecular flexibility index (Phi) is 45.6. The van der Waals surface area contributed by atoms with Gasteiger partial charge in [-0.25, -0.2) is 0 Å². The van der Waals surface area contributed by atoms with E-state index in [2.05, 4.69) is 96.7 Å². The fraction of sp³-hybridized carbons (Fsp3) is 0.691. The monoisotopic (exact) mass is 1680 g/mol. The molecule has 48 heteroatoms. The van der Waals surface area contributed by atoms with E-state index in [1.165, 1.54) is 23.6 Å². The van der Waals surface area contributed by atoms with Gasteiger partial charge in [-0.05, 0) is 114 Å². The summed E-state index contributed by atoms with van der Waals surface area (Å²) < 4.78 is 0. The molecular weight excluding hydrogens is 1570 g/mol. The van der Waals surface area contributed by atoms with Crippen LogP contribution in [-0.2, 0) is 86.3 Å². The molecule has 2 aliphatic heterocycles. The second-order valence-corrected chi connectivity index (χ2v) is 29.7. The number of amides is 16. The SMILES string of the molecule is CSCC[C@H](NC(=O)[C@H](CS)NC(=O)[C@H](CC(C)C)NC(=O)CNC(=O)[C@H](CO)NC(=O)[C@H](CC(=O)O)NC(C)=O)C(=O)N1CCC[C@H]1C(=O)N[C@@H](CCCN=C(N)N)C(=O)N[C@@H](CC(C)C)C(=O)N[C@@H](CCCN=C(N)N)C(=O)NCC(=O)N[C@@H](C)C(=O)N[C@@H](CC(=O)O)C(=O)N1CCC[C@H]1C(=O)N[C@@H](CCCN=C(N)N)C(N)=O. The third-order valence-electron chi connectivity index (χ3n) is 17.7. The molecule has 0 unspecified atom stereocenters. The third kappa shape index (κ3) is 37.9. The molecule has 0 bridgehead atoms. The molecule has 0 aromatic carbocycles. The number of aliphatic hydroxyl groups is 1. The van der Waals surface area contributed by atoms with Gasteiger partial charge in [-0.3, -0.25) is 101 Å². The van der Waals surface area contributed by atoms with Crippen molar-refractivity contribution in [3.63, 3.8) is 0 Å². The summed E-state index contributed by atoms with van der Waals surface area (Å²) >= 11 is 5.62. The Morgan fingerprint density at radius 3 is 1.25 bits per heavy atom. The number of carboxylic acids is 2. The fourth-order valence-electron chi connectivity index (χ4n) is 12.0. The second-order valence-electron chi connectivity index (χ2n) is 28.3. The van der Waals surface area contributed by atoms with Crippen LogP contribution in [0.3, 0.4) is 0 Å². The molecule has 2 fully saturated rings. The van der Waals surface area contributed by atoms with Crippen molar-refractivity contribution in [1.29, 1.82) is 0 Å². The number of carbonyl (C=O) groups is 18. The number of hydrogen-bond acceptors (Lipinski definition) is 24. The van der Waals surface area contributed by atoms with Crippen molar-refractivity contribution in [2.45, 2.75) is 216 Å². The first-order valence-corrected chi connectivity index (χ1v) is 39.6. The van der Waals surface area contributed by atoms with Crippen molar-refractivity contribution in [3.8, 4) is 0 Å². The van der Waals surface area contributed by atoms with Gasteiger partial charge < -0.3 is 134 Å². The molecule has 0 radical (unpaired) electrons. The van der Waals surface area contributed by atoms with E-state index in [0.29, 0.717) is 5.75 Å². The molecule has 0 aliphatic carbocycles. The van der Waals surface area contributed by atoms with Crippen LogP contribution >= 0.6 is 24.4 Å². The van der Waals surface area contributed by atoms with E-state index in [1.54, 1.807) is 34.0 Å². The Balaban J connectivity index is 2.34. The minimum Gasteiger partial charge on any atom is -0.481 e. The number of carbonyl (C=O) groups excluding carboxylic acids is 16. The smallest absolute Gasteiger partial charge is 0.305 e. The molecule has 13 atom stereocenters. The van der Waals surface area contributed by atoms with E-state index >= 15 is 0 Å². The zero-order valence-electron chi connectivity index (χ0n) is 66.2. The fourth-order valence-corrected chi connectivity index (χ4v) is 12.7. The third-order valence-corrected chi connectivity index (χ3v) is 18.7. The lowest BCUT2D eigenvalue weighted by Crippen LogP contribution is -2.60. The van der Waals surface area contributed by atoms with Gasteiger partial charge in [0.05, 0.1) is 32.5 Å². The number of thioether (sulfide) groups is 1. The predicted molar refractivity (Wildman–Crippen MR) is 424 cm³/mol. The molecule has 16 amide bonds. The number of nitrogens with one attached hydrogen (secondary N) is 13. The van der Waals surface area contributed by atoms with Gasteiger partial charge in [0.1, 0.15) is 78.5 Å². The summed E-state index contributed by atoms with van der Waals surface area (Å²) in [5.74, 6) is -19.0. The number of nitrogens with zero attached hydrogens (tertiary/aromatic N) is 5. The Hall–Kier alpha value is -11.1. The molecule has 0 aromatic rings. The van der Waals surface area contributed by atoms with Crippen molar-refractivity contribution >= 4 is 149 Å². The average Bonchev–Trinajstić information content (AvgIpc) is 1.65. The maximum Gasteiger partial charge on any atom is 0.305 e.